The predicted molar refractivity (Wildman–Crippen MR) is 153 cm³/mol. The second-order valence-corrected chi connectivity index (χ2v) is 10.5. The Morgan fingerprint density at radius 2 is 2.08 bits per heavy atom. The molecule has 210 valence electrons. The third kappa shape index (κ3) is 6.70. The summed E-state index contributed by atoms with van der Waals surface area (Å²) in [5.41, 5.74) is 2.70. The van der Waals surface area contributed by atoms with Crippen LogP contribution in [0.4, 0.5) is 4.39 Å². The van der Waals surface area contributed by atoms with Crippen molar-refractivity contribution in [1.82, 2.24) is 15.2 Å². The summed E-state index contributed by atoms with van der Waals surface area (Å²) < 4.78 is 24.4. The van der Waals surface area contributed by atoms with Crippen molar-refractivity contribution in [2.24, 2.45) is 0 Å². The number of pyridine rings is 1. The van der Waals surface area contributed by atoms with Gasteiger partial charge >= 0.3 is 0 Å². The summed E-state index contributed by atoms with van der Waals surface area (Å²) in [5, 5.41) is 14.3. The minimum absolute atomic E-state index is 0.0367. The molecule has 3 aliphatic rings. The highest BCUT2D eigenvalue weighted by molar-refractivity contribution is 6.30. The van der Waals surface area contributed by atoms with Crippen molar-refractivity contribution in [3.8, 4) is 5.88 Å². The van der Waals surface area contributed by atoms with E-state index in [-0.39, 0.29) is 19.1 Å². The first-order valence-corrected chi connectivity index (χ1v) is 13.9. The fraction of sp³-hybridized carbons (Fsp3) is 0.355. The van der Waals surface area contributed by atoms with Crippen molar-refractivity contribution in [1.29, 1.82) is 0 Å². The topological polar surface area (TPSA) is 83.9 Å². The molecule has 5 rings (SSSR count). The fourth-order valence-electron chi connectivity index (χ4n) is 5.19. The number of carbonyl (C=O) groups is 1. The zero-order valence-electron chi connectivity index (χ0n) is 22.2. The molecule has 1 aromatic heterocycles. The van der Waals surface area contributed by atoms with Crippen LogP contribution >= 0.6 is 11.6 Å². The van der Waals surface area contributed by atoms with Crippen LogP contribution in [0.3, 0.4) is 0 Å². The van der Waals surface area contributed by atoms with Crippen LogP contribution in [0.15, 0.2) is 84.3 Å². The predicted octanol–water partition coefficient (Wildman–Crippen LogP) is 4.74. The average molecular weight is 566 g/mol. The lowest BCUT2D eigenvalue weighted by molar-refractivity contribution is -0.126. The number of hydrogen-bond donors (Lipinski definition) is 2. The molecule has 3 heterocycles. The maximum Gasteiger partial charge on any atom is 0.246 e. The first-order valence-electron chi connectivity index (χ1n) is 13.5. The van der Waals surface area contributed by atoms with Gasteiger partial charge in [0.25, 0.3) is 0 Å². The molecule has 1 aliphatic carbocycles. The lowest BCUT2D eigenvalue weighted by Gasteiger charge is -2.38. The molecular weight excluding hydrogens is 533 g/mol. The van der Waals surface area contributed by atoms with E-state index in [1.807, 2.05) is 60.7 Å². The number of halogens is 2. The van der Waals surface area contributed by atoms with E-state index in [1.54, 1.807) is 6.20 Å². The maximum atomic E-state index is 12.4. The Balaban J connectivity index is 1.27. The smallest absolute Gasteiger partial charge is 0.246 e. The molecule has 40 heavy (non-hydrogen) atoms. The summed E-state index contributed by atoms with van der Waals surface area (Å²) in [6.45, 7) is 1.58. The van der Waals surface area contributed by atoms with Crippen molar-refractivity contribution in [2.75, 3.05) is 39.5 Å². The fourth-order valence-corrected chi connectivity index (χ4v) is 5.31. The van der Waals surface area contributed by atoms with Gasteiger partial charge in [-0.1, -0.05) is 42.0 Å². The molecule has 1 saturated heterocycles. The van der Waals surface area contributed by atoms with Gasteiger partial charge in [-0.3, -0.25) is 4.79 Å². The molecule has 0 radical (unpaired) electrons. The number of fused-ring (bicyclic) bond motifs is 2. The standard InChI is InChI=1S/C31H33ClFN3O4/c32-24-10-8-23(9-11-24)31(38)12-18-36(19-13-31)17-3-4-22-20-26-27(39-21-29(37)34-16-14-33)6-1-7-28(26)40-30-25(22)5-2-15-35-30/h1-2,4-11,15,20,27,38H,3,12-14,16-19,21H2,(H,34,37). The van der Waals surface area contributed by atoms with E-state index in [0.29, 0.717) is 29.5 Å². The zero-order chi connectivity index (χ0) is 28.0. The van der Waals surface area contributed by atoms with Crippen LogP contribution in [0.5, 0.6) is 5.88 Å². The Morgan fingerprint density at radius 3 is 2.85 bits per heavy atom. The molecule has 1 unspecified atom stereocenters. The summed E-state index contributed by atoms with van der Waals surface area (Å²) in [5.74, 6) is 0.743. The van der Waals surface area contributed by atoms with Crippen LogP contribution in [0.2, 0.25) is 5.02 Å². The molecule has 2 aromatic rings. The van der Waals surface area contributed by atoms with Crippen LogP contribution in [0.25, 0.3) is 5.57 Å². The van der Waals surface area contributed by atoms with Gasteiger partial charge < -0.3 is 24.8 Å². The van der Waals surface area contributed by atoms with Gasteiger partial charge in [0.1, 0.15) is 25.1 Å². The van der Waals surface area contributed by atoms with E-state index in [2.05, 4.69) is 21.3 Å². The van der Waals surface area contributed by atoms with Gasteiger partial charge in [0.2, 0.25) is 11.8 Å². The second kappa shape index (κ2) is 12.9. The quantitative estimate of drug-likeness (QED) is 0.457. The highest BCUT2D eigenvalue weighted by atomic mass is 35.5. The Hall–Kier alpha value is -3.30. The number of rotatable bonds is 9. The van der Waals surface area contributed by atoms with Crippen molar-refractivity contribution >= 4 is 23.1 Å². The molecule has 0 saturated carbocycles. The second-order valence-electron chi connectivity index (χ2n) is 10.1. The Kier molecular flexibility index (Phi) is 9.11. The van der Waals surface area contributed by atoms with Gasteiger partial charge in [-0.05, 0) is 66.8 Å². The molecule has 1 atom stereocenters. The Morgan fingerprint density at radius 1 is 1.27 bits per heavy atom. The molecule has 1 fully saturated rings. The monoisotopic (exact) mass is 565 g/mol. The van der Waals surface area contributed by atoms with Gasteiger partial charge in [-0.25, -0.2) is 9.37 Å². The van der Waals surface area contributed by atoms with Gasteiger partial charge in [-0.2, -0.15) is 0 Å². The average Bonchev–Trinajstić information content (AvgIpc) is 3.13. The van der Waals surface area contributed by atoms with Crippen LogP contribution in [0.1, 0.15) is 30.4 Å². The first-order chi connectivity index (χ1) is 19.4. The van der Waals surface area contributed by atoms with Gasteiger partial charge in [-0.15, -0.1) is 0 Å². The van der Waals surface area contributed by atoms with Crippen molar-refractivity contribution in [2.45, 2.75) is 31.0 Å². The van der Waals surface area contributed by atoms with E-state index < -0.39 is 18.4 Å². The molecular formula is C31H33ClFN3O4. The molecule has 2 N–H and O–H groups in total. The summed E-state index contributed by atoms with van der Waals surface area (Å²) in [4.78, 5) is 18.8. The summed E-state index contributed by atoms with van der Waals surface area (Å²) in [6.07, 6.45) is 13.0. The van der Waals surface area contributed by atoms with E-state index >= 15 is 0 Å². The van der Waals surface area contributed by atoms with Gasteiger partial charge in [0.15, 0.2) is 0 Å². The van der Waals surface area contributed by atoms with Crippen molar-refractivity contribution < 1.29 is 23.8 Å². The normalized spacial score (nSPS) is 21.0. The molecule has 9 heteroatoms. The highest BCUT2D eigenvalue weighted by Crippen LogP contribution is 2.37. The zero-order valence-corrected chi connectivity index (χ0v) is 22.9. The molecule has 0 bridgehead atoms. The van der Waals surface area contributed by atoms with Crippen LogP contribution in [0, 0.1) is 0 Å². The number of hydrogen-bond acceptors (Lipinski definition) is 6. The van der Waals surface area contributed by atoms with Gasteiger partial charge in [0.05, 0.1) is 5.60 Å². The number of nitrogens with zero attached hydrogens (tertiary/aromatic N) is 2. The molecule has 7 nitrogen and oxygen atoms in total. The molecule has 1 aromatic carbocycles. The lowest BCUT2D eigenvalue weighted by atomic mass is 9.84. The molecule has 0 spiro atoms. The van der Waals surface area contributed by atoms with Crippen LogP contribution in [-0.4, -0.2) is 66.5 Å². The third-order valence-electron chi connectivity index (χ3n) is 7.41. The van der Waals surface area contributed by atoms with Crippen molar-refractivity contribution in [3.63, 3.8) is 0 Å². The number of aromatic nitrogens is 1. The molecule has 2 aliphatic heterocycles. The van der Waals surface area contributed by atoms with E-state index in [0.717, 1.165) is 48.3 Å². The van der Waals surface area contributed by atoms with E-state index in [9.17, 15) is 14.3 Å². The summed E-state index contributed by atoms with van der Waals surface area (Å²) in [7, 11) is 0. The summed E-state index contributed by atoms with van der Waals surface area (Å²) >= 11 is 6.02. The number of piperidine rings is 1. The van der Waals surface area contributed by atoms with Gasteiger partial charge in [0, 0.05) is 48.5 Å². The lowest BCUT2D eigenvalue weighted by Crippen LogP contribution is -2.42. The number of nitrogens with one attached hydrogen (secondary N) is 1. The first kappa shape index (κ1) is 28.2. The number of likely N-dealkylation sites (tertiary alicyclic amines) is 1. The number of carbonyl (C=O) groups excluding carboxylic acids is 1. The Bertz CT molecular complexity index is 1330. The van der Waals surface area contributed by atoms with E-state index in [1.165, 1.54) is 0 Å². The SMILES string of the molecule is O=C(COC1C=CC=C2Oc3ncccc3C(=CCCN3CCC(O)(c4ccc(Cl)cc4)CC3)C=C21)NCCF. The minimum Gasteiger partial charge on any atom is -0.438 e. The number of alkyl halides is 1. The summed E-state index contributed by atoms with van der Waals surface area (Å²) in [6, 6.07) is 11.3. The largest absolute Gasteiger partial charge is 0.438 e. The van der Waals surface area contributed by atoms with Crippen molar-refractivity contribution in [3.05, 3.63) is 100 Å². The maximum absolute atomic E-state index is 12.4. The number of amides is 1. The number of aliphatic hydroxyl groups is 1. The number of ether oxygens (including phenoxy) is 2. The Labute approximate surface area is 238 Å². The number of benzene rings is 1. The highest BCUT2D eigenvalue weighted by Gasteiger charge is 2.33. The molecule has 1 amide bonds. The third-order valence-corrected chi connectivity index (χ3v) is 7.66. The van der Waals surface area contributed by atoms with Crippen LogP contribution in [-0.2, 0) is 15.1 Å². The van der Waals surface area contributed by atoms with Crippen LogP contribution < -0.4 is 10.1 Å². The number of allylic oxidation sites excluding steroid dienone is 4. The minimum atomic E-state index is -0.831. The van der Waals surface area contributed by atoms with E-state index in [4.69, 9.17) is 21.1 Å².